The van der Waals surface area contributed by atoms with Crippen molar-refractivity contribution in [1.29, 1.82) is 0 Å². The van der Waals surface area contributed by atoms with Crippen LogP contribution < -0.4 is 0 Å². The lowest BCUT2D eigenvalue weighted by atomic mass is 10.1. The van der Waals surface area contributed by atoms with Crippen LogP contribution in [0.25, 0.3) is 0 Å². The van der Waals surface area contributed by atoms with Crippen molar-refractivity contribution in [3.63, 3.8) is 0 Å². The SMILES string of the molecule is CC/C=C\C/C=C\C/C=C\CCCCCC(=O)OCC(COC(=O)CCCCCCCCC)OC(=O)CCCCC/C=C\C/C=C\C/C=C\CC. The van der Waals surface area contributed by atoms with Gasteiger partial charge in [-0.3, -0.25) is 14.4 Å². The fraction of sp³-hybridized carbons (Fsp3) is 0.667. The summed E-state index contributed by atoms with van der Waals surface area (Å²) in [6, 6.07) is 0. The molecule has 0 aromatic rings. The topological polar surface area (TPSA) is 78.9 Å². The molecule has 0 spiro atoms. The molecule has 6 nitrogen and oxygen atoms in total. The van der Waals surface area contributed by atoms with Gasteiger partial charge in [0.25, 0.3) is 0 Å². The Morgan fingerprint density at radius 3 is 1.20 bits per heavy atom. The number of hydrogen-bond donors (Lipinski definition) is 0. The zero-order valence-corrected chi connectivity index (χ0v) is 32.8. The molecule has 0 amide bonds. The highest BCUT2D eigenvalue weighted by Gasteiger charge is 2.19. The molecule has 0 saturated carbocycles. The van der Waals surface area contributed by atoms with Crippen LogP contribution in [0, 0.1) is 0 Å². The molecule has 0 radical (unpaired) electrons. The summed E-state index contributed by atoms with van der Waals surface area (Å²) < 4.78 is 16.5. The van der Waals surface area contributed by atoms with E-state index >= 15 is 0 Å². The first-order valence-electron chi connectivity index (χ1n) is 20.4. The zero-order chi connectivity index (χ0) is 37.3. The highest BCUT2D eigenvalue weighted by molar-refractivity contribution is 5.71. The molecule has 0 aromatic carbocycles. The van der Waals surface area contributed by atoms with Crippen molar-refractivity contribution in [1.82, 2.24) is 0 Å². The first-order valence-corrected chi connectivity index (χ1v) is 20.4. The average molecular weight is 711 g/mol. The van der Waals surface area contributed by atoms with Crippen molar-refractivity contribution in [2.75, 3.05) is 13.2 Å². The van der Waals surface area contributed by atoms with Gasteiger partial charge in [-0.1, -0.05) is 145 Å². The Bertz CT molecular complexity index is 1000. The molecular formula is C45H74O6. The zero-order valence-electron chi connectivity index (χ0n) is 32.8. The maximum atomic E-state index is 12.6. The van der Waals surface area contributed by atoms with Crippen molar-refractivity contribution in [3.05, 3.63) is 72.9 Å². The summed E-state index contributed by atoms with van der Waals surface area (Å²) in [4.78, 5) is 37.4. The highest BCUT2D eigenvalue weighted by Crippen LogP contribution is 2.11. The molecule has 0 fully saturated rings. The van der Waals surface area contributed by atoms with Gasteiger partial charge in [-0.15, -0.1) is 0 Å². The van der Waals surface area contributed by atoms with Gasteiger partial charge in [-0.05, 0) is 83.5 Å². The van der Waals surface area contributed by atoms with Crippen LogP contribution in [0.5, 0.6) is 0 Å². The molecule has 0 aliphatic heterocycles. The summed E-state index contributed by atoms with van der Waals surface area (Å²) in [6.07, 6.45) is 47.6. The molecule has 1 atom stereocenters. The molecule has 1 unspecified atom stereocenters. The standard InChI is InChI=1S/C45H74O6/c1-4-7-10-13-16-18-20-22-24-26-29-32-35-38-44(47)50-41-42(40-49-43(46)37-34-31-28-15-12-9-6-3)51-45(48)39-36-33-30-27-25-23-21-19-17-14-11-8-5-2/h7-8,10-11,16-19,22-25,42H,4-6,9,12-15,20-21,26-41H2,1-3H3/b10-7-,11-8-,18-16-,19-17-,24-22-,25-23-. The van der Waals surface area contributed by atoms with Crippen molar-refractivity contribution in [2.24, 2.45) is 0 Å². The third kappa shape index (κ3) is 37.9. The third-order valence-corrected chi connectivity index (χ3v) is 8.21. The summed E-state index contributed by atoms with van der Waals surface area (Å²) in [5.41, 5.74) is 0. The van der Waals surface area contributed by atoms with E-state index in [-0.39, 0.29) is 37.5 Å². The number of hydrogen-bond acceptors (Lipinski definition) is 6. The van der Waals surface area contributed by atoms with E-state index in [4.69, 9.17) is 14.2 Å². The van der Waals surface area contributed by atoms with Gasteiger partial charge in [-0.25, -0.2) is 0 Å². The van der Waals surface area contributed by atoms with E-state index in [2.05, 4.69) is 93.7 Å². The second-order valence-electron chi connectivity index (χ2n) is 13.1. The van der Waals surface area contributed by atoms with E-state index < -0.39 is 6.10 Å². The van der Waals surface area contributed by atoms with Crippen molar-refractivity contribution in [2.45, 2.75) is 181 Å². The molecule has 0 bridgehead atoms. The Morgan fingerprint density at radius 2 is 0.765 bits per heavy atom. The second kappa shape index (κ2) is 39.6. The molecule has 0 N–H and O–H groups in total. The van der Waals surface area contributed by atoms with Crippen LogP contribution >= 0.6 is 0 Å². The van der Waals surface area contributed by atoms with Gasteiger partial charge >= 0.3 is 17.9 Å². The molecule has 51 heavy (non-hydrogen) atoms. The summed E-state index contributed by atoms with van der Waals surface area (Å²) in [5, 5.41) is 0. The average Bonchev–Trinajstić information content (AvgIpc) is 3.12. The summed E-state index contributed by atoms with van der Waals surface area (Å²) in [7, 11) is 0. The maximum absolute atomic E-state index is 12.6. The lowest BCUT2D eigenvalue weighted by Crippen LogP contribution is -2.30. The van der Waals surface area contributed by atoms with Gasteiger partial charge in [0.2, 0.25) is 0 Å². The third-order valence-electron chi connectivity index (χ3n) is 8.21. The molecule has 0 rings (SSSR count). The molecule has 6 heteroatoms. The first kappa shape index (κ1) is 47.8. The Hall–Kier alpha value is -3.15. The molecule has 0 aromatic heterocycles. The maximum Gasteiger partial charge on any atom is 0.306 e. The van der Waals surface area contributed by atoms with Crippen LogP contribution in [-0.4, -0.2) is 37.2 Å². The van der Waals surface area contributed by atoms with E-state index in [1.54, 1.807) is 0 Å². The van der Waals surface area contributed by atoms with Crippen LogP contribution in [-0.2, 0) is 28.6 Å². The summed E-state index contributed by atoms with van der Waals surface area (Å²) in [5.74, 6) is -0.976. The van der Waals surface area contributed by atoms with Crippen LogP contribution in [0.15, 0.2) is 72.9 Å². The molecule has 0 heterocycles. The van der Waals surface area contributed by atoms with E-state index in [9.17, 15) is 14.4 Å². The number of ether oxygens (including phenoxy) is 3. The minimum Gasteiger partial charge on any atom is -0.462 e. The van der Waals surface area contributed by atoms with Crippen LogP contribution in [0.2, 0.25) is 0 Å². The van der Waals surface area contributed by atoms with Crippen LogP contribution in [0.4, 0.5) is 0 Å². The van der Waals surface area contributed by atoms with Gasteiger partial charge < -0.3 is 14.2 Å². The minimum absolute atomic E-state index is 0.0978. The molecular weight excluding hydrogens is 636 g/mol. The summed E-state index contributed by atoms with van der Waals surface area (Å²) >= 11 is 0. The van der Waals surface area contributed by atoms with E-state index in [1.165, 1.54) is 25.7 Å². The number of esters is 3. The lowest BCUT2D eigenvalue weighted by molar-refractivity contribution is -0.167. The van der Waals surface area contributed by atoms with Gasteiger partial charge in [0.15, 0.2) is 6.10 Å². The Balaban J connectivity index is 4.46. The summed E-state index contributed by atoms with van der Waals surface area (Å²) in [6.45, 7) is 6.27. The molecule has 290 valence electrons. The second-order valence-corrected chi connectivity index (χ2v) is 13.1. The highest BCUT2D eigenvalue weighted by atomic mass is 16.6. The Labute approximate surface area is 312 Å². The first-order chi connectivity index (χ1) is 25.0. The van der Waals surface area contributed by atoms with E-state index in [0.29, 0.717) is 12.8 Å². The molecule has 0 aliphatic rings. The quantitative estimate of drug-likeness (QED) is 0.0282. The monoisotopic (exact) mass is 711 g/mol. The van der Waals surface area contributed by atoms with E-state index in [1.807, 2.05) is 0 Å². The Morgan fingerprint density at radius 1 is 0.412 bits per heavy atom. The predicted molar refractivity (Wildman–Crippen MR) is 214 cm³/mol. The van der Waals surface area contributed by atoms with Gasteiger partial charge in [0.05, 0.1) is 0 Å². The predicted octanol–water partition coefficient (Wildman–Crippen LogP) is 12.7. The smallest absolute Gasteiger partial charge is 0.306 e. The largest absolute Gasteiger partial charge is 0.462 e. The van der Waals surface area contributed by atoms with Crippen LogP contribution in [0.1, 0.15) is 175 Å². The fourth-order valence-corrected chi connectivity index (χ4v) is 5.17. The Kier molecular flexibility index (Phi) is 37.2. The van der Waals surface area contributed by atoms with Crippen molar-refractivity contribution < 1.29 is 28.6 Å². The van der Waals surface area contributed by atoms with Gasteiger partial charge in [-0.2, -0.15) is 0 Å². The van der Waals surface area contributed by atoms with Crippen molar-refractivity contribution >= 4 is 17.9 Å². The molecule has 0 aliphatic carbocycles. The number of unbranched alkanes of at least 4 members (excludes halogenated alkanes) is 12. The van der Waals surface area contributed by atoms with Gasteiger partial charge in [0.1, 0.15) is 13.2 Å². The fourth-order valence-electron chi connectivity index (χ4n) is 5.17. The molecule has 0 saturated heterocycles. The normalized spacial score (nSPS) is 12.8. The lowest BCUT2D eigenvalue weighted by Gasteiger charge is -2.18. The minimum atomic E-state index is -0.797. The van der Waals surface area contributed by atoms with Crippen molar-refractivity contribution in [3.8, 4) is 0 Å². The number of carbonyl (C=O) groups excluding carboxylic acids is 3. The number of carbonyl (C=O) groups is 3. The van der Waals surface area contributed by atoms with Gasteiger partial charge in [0, 0.05) is 19.3 Å². The van der Waals surface area contributed by atoms with E-state index in [0.717, 1.165) is 109 Å². The number of allylic oxidation sites excluding steroid dienone is 12. The number of rotatable bonds is 35. The van der Waals surface area contributed by atoms with Crippen LogP contribution in [0.3, 0.4) is 0 Å².